The molecule has 1 fully saturated rings. The number of furan rings is 1. The van der Waals surface area contributed by atoms with Crippen LogP contribution in [0.4, 0.5) is 0 Å². The van der Waals surface area contributed by atoms with Crippen LogP contribution in [0.1, 0.15) is 31.9 Å². The van der Waals surface area contributed by atoms with E-state index in [1.54, 1.807) is 18.1 Å². The molecule has 7 heteroatoms. The SMILES string of the molecule is CCS(=O)(=O)NC1CCN(C(=O)CCc2ccco2)CC1. The van der Waals surface area contributed by atoms with Crippen molar-refractivity contribution in [2.24, 2.45) is 0 Å². The number of amides is 1. The predicted octanol–water partition coefficient (Wildman–Crippen LogP) is 1.14. The quantitative estimate of drug-likeness (QED) is 0.854. The highest BCUT2D eigenvalue weighted by atomic mass is 32.2. The summed E-state index contributed by atoms with van der Waals surface area (Å²) < 4.78 is 30.9. The van der Waals surface area contributed by atoms with Crippen LogP contribution in [-0.2, 0) is 21.2 Å². The van der Waals surface area contributed by atoms with Crippen LogP contribution < -0.4 is 4.72 Å². The Bertz CT molecular complexity index is 546. The van der Waals surface area contributed by atoms with Gasteiger partial charge in [-0.3, -0.25) is 4.79 Å². The Labute approximate surface area is 125 Å². The van der Waals surface area contributed by atoms with Crippen molar-refractivity contribution >= 4 is 15.9 Å². The van der Waals surface area contributed by atoms with Crippen molar-refractivity contribution in [3.05, 3.63) is 24.2 Å². The van der Waals surface area contributed by atoms with E-state index in [9.17, 15) is 13.2 Å². The summed E-state index contributed by atoms with van der Waals surface area (Å²) in [5.41, 5.74) is 0. The lowest BCUT2D eigenvalue weighted by Crippen LogP contribution is -2.46. The summed E-state index contributed by atoms with van der Waals surface area (Å²) in [5.74, 6) is 1.01. The van der Waals surface area contributed by atoms with Gasteiger partial charge in [0.25, 0.3) is 0 Å². The zero-order chi connectivity index (χ0) is 15.3. The van der Waals surface area contributed by atoms with Crippen molar-refractivity contribution in [3.63, 3.8) is 0 Å². The first-order valence-corrected chi connectivity index (χ1v) is 8.95. The van der Waals surface area contributed by atoms with Crippen LogP contribution in [0.3, 0.4) is 0 Å². The van der Waals surface area contributed by atoms with E-state index in [0.717, 1.165) is 5.76 Å². The fourth-order valence-electron chi connectivity index (χ4n) is 2.43. The number of aryl methyl sites for hydroxylation is 1. The third-order valence-electron chi connectivity index (χ3n) is 3.74. The number of carbonyl (C=O) groups is 1. The summed E-state index contributed by atoms with van der Waals surface area (Å²) in [6.07, 6.45) is 3.98. The van der Waals surface area contributed by atoms with Crippen molar-refractivity contribution in [3.8, 4) is 0 Å². The number of carbonyl (C=O) groups excluding carboxylic acids is 1. The Morgan fingerprint density at radius 1 is 1.43 bits per heavy atom. The molecule has 1 aromatic rings. The average Bonchev–Trinajstić information content (AvgIpc) is 2.98. The minimum Gasteiger partial charge on any atom is -0.469 e. The molecular formula is C14H22N2O4S. The van der Waals surface area contributed by atoms with Crippen LogP contribution in [0, 0.1) is 0 Å². The number of nitrogens with one attached hydrogen (secondary N) is 1. The summed E-state index contributed by atoms with van der Waals surface area (Å²) in [5, 5.41) is 0. The largest absolute Gasteiger partial charge is 0.469 e. The average molecular weight is 314 g/mol. The first-order valence-electron chi connectivity index (χ1n) is 7.30. The lowest BCUT2D eigenvalue weighted by Gasteiger charge is -2.32. The molecule has 0 spiro atoms. The lowest BCUT2D eigenvalue weighted by atomic mass is 10.1. The fourth-order valence-corrected chi connectivity index (χ4v) is 3.34. The second-order valence-electron chi connectivity index (χ2n) is 5.26. The van der Waals surface area contributed by atoms with Gasteiger partial charge in [0.2, 0.25) is 15.9 Å². The molecule has 21 heavy (non-hydrogen) atoms. The summed E-state index contributed by atoms with van der Waals surface area (Å²) in [4.78, 5) is 13.9. The Kier molecular flexibility index (Phi) is 5.41. The number of likely N-dealkylation sites (tertiary alicyclic amines) is 1. The molecule has 2 heterocycles. The smallest absolute Gasteiger partial charge is 0.223 e. The molecular weight excluding hydrogens is 292 g/mol. The van der Waals surface area contributed by atoms with Gasteiger partial charge in [-0.2, -0.15) is 0 Å². The Morgan fingerprint density at radius 3 is 2.71 bits per heavy atom. The van der Waals surface area contributed by atoms with E-state index >= 15 is 0 Å². The van der Waals surface area contributed by atoms with Gasteiger partial charge in [0.05, 0.1) is 12.0 Å². The Balaban J connectivity index is 1.74. The van der Waals surface area contributed by atoms with Gasteiger partial charge in [0.1, 0.15) is 5.76 Å². The number of hydrogen-bond donors (Lipinski definition) is 1. The first-order chi connectivity index (χ1) is 10.00. The molecule has 0 saturated carbocycles. The third kappa shape index (κ3) is 4.86. The Hall–Kier alpha value is -1.34. The van der Waals surface area contributed by atoms with E-state index < -0.39 is 10.0 Å². The molecule has 0 bridgehead atoms. The monoisotopic (exact) mass is 314 g/mol. The third-order valence-corrected chi connectivity index (χ3v) is 5.19. The number of piperidine rings is 1. The molecule has 6 nitrogen and oxygen atoms in total. The molecule has 1 aliphatic rings. The molecule has 0 aliphatic carbocycles. The van der Waals surface area contributed by atoms with Crippen molar-refractivity contribution in [1.82, 2.24) is 9.62 Å². The molecule has 1 saturated heterocycles. The van der Waals surface area contributed by atoms with Crippen molar-refractivity contribution < 1.29 is 17.6 Å². The van der Waals surface area contributed by atoms with Crippen LogP contribution >= 0.6 is 0 Å². The van der Waals surface area contributed by atoms with Crippen LogP contribution in [0.5, 0.6) is 0 Å². The molecule has 0 atom stereocenters. The molecule has 1 aromatic heterocycles. The summed E-state index contributed by atoms with van der Waals surface area (Å²) in [6, 6.07) is 3.62. The van der Waals surface area contributed by atoms with Crippen LogP contribution in [0.15, 0.2) is 22.8 Å². The van der Waals surface area contributed by atoms with Gasteiger partial charge in [-0.25, -0.2) is 13.1 Å². The van der Waals surface area contributed by atoms with Gasteiger partial charge < -0.3 is 9.32 Å². The molecule has 1 amide bonds. The number of hydrogen-bond acceptors (Lipinski definition) is 4. The first kappa shape index (κ1) is 16.0. The minimum absolute atomic E-state index is 0.0518. The van der Waals surface area contributed by atoms with Crippen LogP contribution in [0.25, 0.3) is 0 Å². The molecule has 118 valence electrons. The summed E-state index contributed by atoms with van der Waals surface area (Å²) >= 11 is 0. The Morgan fingerprint density at radius 2 is 2.14 bits per heavy atom. The van der Waals surface area contributed by atoms with Crippen molar-refractivity contribution in [2.45, 2.75) is 38.6 Å². The highest BCUT2D eigenvalue weighted by Gasteiger charge is 2.25. The van der Waals surface area contributed by atoms with Gasteiger partial charge in [-0.15, -0.1) is 0 Å². The molecule has 1 N–H and O–H groups in total. The topological polar surface area (TPSA) is 79.6 Å². The number of sulfonamides is 1. The zero-order valence-corrected chi connectivity index (χ0v) is 13.1. The number of nitrogens with zero attached hydrogens (tertiary/aromatic N) is 1. The number of rotatable bonds is 6. The second-order valence-corrected chi connectivity index (χ2v) is 7.30. The molecule has 0 unspecified atom stereocenters. The lowest BCUT2D eigenvalue weighted by molar-refractivity contribution is -0.132. The standard InChI is InChI=1S/C14H22N2O4S/c1-2-21(18,19)15-12-7-9-16(10-8-12)14(17)6-5-13-4-3-11-20-13/h3-4,11-12,15H,2,5-10H2,1H3. The maximum atomic E-state index is 12.1. The van der Waals surface area contributed by atoms with Crippen molar-refractivity contribution in [2.75, 3.05) is 18.8 Å². The van der Waals surface area contributed by atoms with E-state index in [0.29, 0.717) is 38.8 Å². The van der Waals surface area contributed by atoms with Gasteiger partial charge >= 0.3 is 0 Å². The van der Waals surface area contributed by atoms with E-state index in [4.69, 9.17) is 4.42 Å². The van der Waals surface area contributed by atoms with E-state index in [1.807, 2.05) is 12.1 Å². The highest BCUT2D eigenvalue weighted by molar-refractivity contribution is 7.89. The highest BCUT2D eigenvalue weighted by Crippen LogP contribution is 2.14. The zero-order valence-electron chi connectivity index (χ0n) is 12.2. The van der Waals surface area contributed by atoms with Crippen LogP contribution in [-0.4, -0.2) is 44.1 Å². The molecule has 2 rings (SSSR count). The maximum absolute atomic E-state index is 12.1. The minimum atomic E-state index is -3.16. The second kappa shape index (κ2) is 7.09. The normalized spacial score (nSPS) is 17.1. The van der Waals surface area contributed by atoms with Gasteiger partial charge in [0, 0.05) is 32.0 Å². The van der Waals surface area contributed by atoms with Gasteiger partial charge in [-0.1, -0.05) is 0 Å². The van der Waals surface area contributed by atoms with E-state index in [-0.39, 0.29) is 17.7 Å². The fraction of sp³-hybridized carbons (Fsp3) is 0.643. The maximum Gasteiger partial charge on any atom is 0.223 e. The summed E-state index contributed by atoms with van der Waals surface area (Å²) in [7, 11) is -3.16. The molecule has 1 aliphatic heterocycles. The van der Waals surface area contributed by atoms with Crippen molar-refractivity contribution in [1.29, 1.82) is 0 Å². The van der Waals surface area contributed by atoms with Gasteiger partial charge in [0.15, 0.2) is 0 Å². The summed E-state index contributed by atoms with van der Waals surface area (Å²) in [6.45, 7) is 2.83. The molecule has 0 aromatic carbocycles. The van der Waals surface area contributed by atoms with E-state index in [2.05, 4.69) is 4.72 Å². The molecule has 0 radical (unpaired) electrons. The van der Waals surface area contributed by atoms with Crippen LogP contribution in [0.2, 0.25) is 0 Å². The van der Waals surface area contributed by atoms with E-state index in [1.165, 1.54) is 0 Å². The predicted molar refractivity (Wildman–Crippen MR) is 79.2 cm³/mol. The van der Waals surface area contributed by atoms with Gasteiger partial charge in [-0.05, 0) is 31.9 Å².